The third-order valence-corrected chi connectivity index (χ3v) is 6.81. The average molecular weight is 431 g/mol. The fraction of sp³-hybridized carbons (Fsp3) is 0.381. The maximum Gasteiger partial charge on any atom is 0.210 e. The van der Waals surface area contributed by atoms with E-state index in [1.165, 1.54) is 23.1 Å². The van der Waals surface area contributed by atoms with Gasteiger partial charge in [-0.2, -0.15) is 0 Å². The second-order valence-corrected chi connectivity index (χ2v) is 9.11. The van der Waals surface area contributed by atoms with E-state index >= 15 is 0 Å². The van der Waals surface area contributed by atoms with Crippen LogP contribution < -0.4 is 5.32 Å². The van der Waals surface area contributed by atoms with Crippen LogP contribution in [0.4, 0.5) is 10.8 Å². The summed E-state index contributed by atoms with van der Waals surface area (Å²) in [6, 6.07) is 8.12. The maximum atomic E-state index is 12.7. The highest BCUT2D eigenvalue weighted by atomic mass is 32.2. The van der Waals surface area contributed by atoms with Crippen molar-refractivity contribution < 1.29 is 9.53 Å². The highest BCUT2D eigenvalue weighted by Gasteiger charge is 2.17. The van der Waals surface area contributed by atoms with Crippen LogP contribution in [0.1, 0.15) is 32.9 Å². The van der Waals surface area contributed by atoms with Crippen molar-refractivity contribution in [3.8, 4) is 0 Å². The van der Waals surface area contributed by atoms with Crippen LogP contribution in [0.15, 0.2) is 28.6 Å². The Morgan fingerprint density at radius 3 is 2.62 bits per heavy atom. The lowest BCUT2D eigenvalue weighted by molar-refractivity contribution is 0.102. The summed E-state index contributed by atoms with van der Waals surface area (Å²) >= 11 is 2.89. The summed E-state index contributed by atoms with van der Waals surface area (Å²) in [6.07, 6.45) is 0. The van der Waals surface area contributed by atoms with Crippen molar-refractivity contribution in [1.82, 2.24) is 14.8 Å². The van der Waals surface area contributed by atoms with E-state index < -0.39 is 0 Å². The third kappa shape index (κ3) is 5.07. The SMILES string of the molecule is COCCn1c(C)cc(C(=O)CSc2nnc(Nc3c(C)cccc3C)s2)c1C. The molecule has 0 unspecified atom stereocenters. The summed E-state index contributed by atoms with van der Waals surface area (Å²) in [7, 11) is 1.68. The molecule has 29 heavy (non-hydrogen) atoms. The molecule has 2 aromatic heterocycles. The quantitative estimate of drug-likeness (QED) is 0.383. The van der Waals surface area contributed by atoms with Crippen LogP contribution in [-0.2, 0) is 11.3 Å². The number of rotatable bonds is 9. The Kier molecular flexibility index (Phi) is 7.10. The molecule has 0 saturated carbocycles. The molecule has 0 atom stereocenters. The highest BCUT2D eigenvalue weighted by molar-refractivity contribution is 8.01. The molecule has 154 valence electrons. The minimum absolute atomic E-state index is 0.103. The van der Waals surface area contributed by atoms with Crippen molar-refractivity contribution in [3.63, 3.8) is 0 Å². The Morgan fingerprint density at radius 1 is 1.21 bits per heavy atom. The molecule has 0 aliphatic carbocycles. The van der Waals surface area contributed by atoms with Crippen LogP contribution in [0.5, 0.6) is 0 Å². The third-order valence-electron chi connectivity index (χ3n) is 4.84. The fourth-order valence-corrected chi connectivity index (χ4v) is 4.89. The van der Waals surface area contributed by atoms with Gasteiger partial charge in [0, 0.05) is 36.3 Å². The second kappa shape index (κ2) is 9.56. The van der Waals surface area contributed by atoms with Crippen molar-refractivity contribution in [2.24, 2.45) is 0 Å². The number of carbonyl (C=O) groups is 1. The molecule has 0 aliphatic heterocycles. The molecule has 0 radical (unpaired) electrons. The first kappa shape index (κ1) is 21.5. The minimum Gasteiger partial charge on any atom is -0.383 e. The number of hydrogen-bond acceptors (Lipinski definition) is 7. The number of thioether (sulfide) groups is 1. The lowest BCUT2D eigenvalue weighted by Crippen LogP contribution is -2.09. The Morgan fingerprint density at radius 2 is 1.93 bits per heavy atom. The minimum atomic E-state index is 0.103. The van der Waals surface area contributed by atoms with E-state index in [0.717, 1.165) is 49.8 Å². The molecule has 8 heteroatoms. The zero-order valence-electron chi connectivity index (χ0n) is 17.4. The number of Topliss-reactive ketones (excluding diaryl/α,β-unsaturated/α-hetero) is 1. The van der Waals surface area contributed by atoms with Crippen LogP contribution in [0.25, 0.3) is 0 Å². The number of para-hydroxylation sites is 1. The van der Waals surface area contributed by atoms with E-state index in [1.807, 2.05) is 26.0 Å². The summed E-state index contributed by atoms with van der Waals surface area (Å²) in [5.74, 6) is 0.443. The number of nitrogens with one attached hydrogen (secondary N) is 1. The van der Waals surface area contributed by atoms with E-state index in [9.17, 15) is 4.79 Å². The number of aryl methyl sites for hydroxylation is 3. The number of aromatic nitrogens is 3. The van der Waals surface area contributed by atoms with Gasteiger partial charge in [-0.15, -0.1) is 10.2 Å². The van der Waals surface area contributed by atoms with E-state index in [2.05, 4.69) is 46.1 Å². The molecule has 3 rings (SSSR count). The fourth-order valence-electron chi connectivity index (χ4n) is 3.25. The van der Waals surface area contributed by atoms with Gasteiger partial charge < -0.3 is 14.6 Å². The molecule has 6 nitrogen and oxygen atoms in total. The number of anilines is 2. The molecule has 0 amide bonds. The average Bonchev–Trinajstić information content (AvgIpc) is 3.25. The van der Waals surface area contributed by atoms with E-state index in [0.29, 0.717) is 12.4 Å². The van der Waals surface area contributed by atoms with Gasteiger partial charge in [-0.05, 0) is 44.9 Å². The van der Waals surface area contributed by atoms with Crippen LogP contribution in [-0.4, -0.2) is 40.0 Å². The van der Waals surface area contributed by atoms with Gasteiger partial charge in [0.25, 0.3) is 0 Å². The Labute approximate surface area is 179 Å². The molecule has 3 aromatic rings. The maximum absolute atomic E-state index is 12.7. The van der Waals surface area contributed by atoms with Crippen molar-refractivity contribution in [2.75, 3.05) is 24.8 Å². The number of benzene rings is 1. The molecule has 1 N–H and O–H groups in total. The summed E-state index contributed by atoms with van der Waals surface area (Å²) < 4.78 is 8.06. The Balaban J connectivity index is 1.63. The lowest BCUT2D eigenvalue weighted by Gasteiger charge is -2.09. The van der Waals surface area contributed by atoms with Crippen LogP contribution in [0.2, 0.25) is 0 Å². The smallest absolute Gasteiger partial charge is 0.210 e. The van der Waals surface area contributed by atoms with Gasteiger partial charge in [-0.1, -0.05) is 41.3 Å². The molecular weight excluding hydrogens is 404 g/mol. The molecule has 0 aliphatic rings. The second-order valence-electron chi connectivity index (χ2n) is 6.91. The molecular formula is C21H26N4O2S2. The Bertz CT molecular complexity index is 990. The predicted octanol–water partition coefficient (Wildman–Crippen LogP) is 4.94. The van der Waals surface area contributed by atoms with E-state index in [1.54, 1.807) is 7.11 Å². The summed E-state index contributed by atoms with van der Waals surface area (Å²) in [5, 5.41) is 12.5. The standard InChI is InChI=1S/C21H26N4O2S2/c1-13-7-6-8-14(2)19(13)22-20-23-24-21(29-20)28-12-18(26)17-11-15(3)25(16(17)4)9-10-27-5/h6-8,11H,9-10,12H2,1-5H3,(H,22,23). The number of hydrogen-bond donors (Lipinski definition) is 1. The Hall–Kier alpha value is -2.16. The number of methoxy groups -OCH3 is 1. The molecule has 1 aromatic carbocycles. The van der Waals surface area contributed by atoms with Crippen molar-refractivity contribution in [2.45, 2.75) is 38.6 Å². The van der Waals surface area contributed by atoms with Gasteiger partial charge >= 0.3 is 0 Å². The van der Waals surface area contributed by atoms with Crippen molar-refractivity contribution >= 4 is 39.7 Å². The van der Waals surface area contributed by atoms with Gasteiger partial charge in [-0.3, -0.25) is 4.79 Å². The largest absolute Gasteiger partial charge is 0.383 e. The summed E-state index contributed by atoms with van der Waals surface area (Å²) in [5.41, 5.74) is 6.20. The highest BCUT2D eigenvalue weighted by Crippen LogP contribution is 2.30. The van der Waals surface area contributed by atoms with Gasteiger partial charge in [0.05, 0.1) is 12.4 Å². The first-order chi connectivity index (χ1) is 13.9. The normalized spacial score (nSPS) is 11.1. The van der Waals surface area contributed by atoms with Crippen LogP contribution >= 0.6 is 23.1 Å². The van der Waals surface area contributed by atoms with Crippen LogP contribution in [0, 0.1) is 27.7 Å². The van der Waals surface area contributed by atoms with Gasteiger partial charge in [0.2, 0.25) is 5.13 Å². The number of ketones is 1. The summed E-state index contributed by atoms with van der Waals surface area (Å²) in [6.45, 7) is 9.50. The van der Waals surface area contributed by atoms with Crippen molar-refractivity contribution in [3.05, 3.63) is 52.3 Å². The first-order valence-corrected chi connectivity index (χ1v) is 11.2. The van der Waals surface area contributed by atoms with Crippen LogP contribution in [0.3, 0.4) is 0 Å². The van der Waals surface area contributed by atoms with Gasteiger partial charge in [0.15, 0.2) is 10.1 Å². The molecule has 2 heterocycles. The number of ether oxygens (including phenoxy) is 1. The topological polar surface area (TPSA) is 69.0 Å². The molecule has 0 fully saturated rings. The molecule has 0 saturated heterocycles. The van der Waals surface area contributed by atoms with Gasteiger partial charge in [0.1, 0.15) is 0 Å². The number of carbonyl (C=O) groups excluding carboxylic acids is 1. The zero-order valence-corrected chi connectivity index (χ0v) is 19.0. The molecule has 0 bridgehead atoms. The lowest BCUT2D eigenvalue weighted by atomic mass is 10.1. The zero-order chi connectivity index (χ0) is 21.0. The first-order valence-electron chi connectivity index (χ1n) is 9.39. The number of nitrogens with zero attached hydrogens (tertiary/aromatic N) is 3. The van der Waals surface area contributed by atoms with E-state index in [-0.39, 0.29) is 5.78 Å². The van der Waals surface area contributed by atoms with Crippen molar-refractivity contribution in [1.29, 1.82) is 0 Å². The van der Waals surface area contributed by atoms with E-state index in [4.69, 9.17) is 4.74 Å². The predicted molar refractivity (Wildman–Crippen MR) is 120 cm³/mol. The van der Waals surface area contributed by atoms with Gasteiger partial charge in [-0.25, -0.2) is 0 Å². The monoisotopic (exact) mass is 430 g/mol. The molecule has 0 spiro atoms. The summed E-state index contributed by atoms with van der Waals surface area (Å²) in [4.78, 5) is 12.7.